The summed E-state index contributed by atoms with van der Waals surface area (Å²) in [5.41, 5.74) is 8.46. The highest BCUT2D eigenvalue weighted by molar-refractivity contribution is 7.26. The van der Waals surface area contributed by atoms with Gasteiger partial charge in [-0.05, 0) is 91.6 Å². The summed E-state index contributed by atoms with van der Waals surface area (Å²) in [4.78, 5) is 10.8. The van der Waals surface area contributed by atoms with E-state index in [1.165, 1.54) is 79.6 Å². The smallest absolute Gasteiger partial charge is 0.161 e. The Bertz CT molecular complexity index is 3870. The summed E-state index contributed by atoms with van der Waals surface area (Å²) in [7, 11) is 0. The Morgan fingerprint density at radius 2 is 0.933 bits per heavy atom. The molecule has 60 heavy (non-hydrogen) atoms. The summed E-state index contributed by atoms with van der Waals surface area (Å²) in [6, 6.07) is 72.6. The lowest BCUT2D eigenvalue weighted by Crippen LogP contribution is -1.97. The fraction of sp³-hybridized carbons (Fsp3) is 0. The number of hydrogen-bond donors (Lipinski definition) is 0. The Labute approximate surface area is 349 Å². The van der Waals surface area contributed by atoms with Crippen LogP contribution in [0.3, 0.4) is 0 Å². The SMILES string of the molecule is c1ccc2c(-c3cc(-c4ccc5c(c4)c4ccccc4n5-c4ccc5c6ccccc6c6ccccc6c5c4)nc(-c4cccc5c4sc4ccccc45)n3)cccc2c1. The molecule has 0 saturated heterocycles. The van der Waals surface area contributed by atoms with Gasteiger partial charge in [-0.3, -0.25) is 0 Å². The van der Waals surface area contributed by atoms with Gasteiger partial charge in [0.15, 0.2) is 5.82 Å². The maximum Gasteiger partial charge on any atom is 0.161 e. The number of benzene rings is 10. The Morgan fingerprint density at radius 1 is 0.350 bits per heavy atom. The molecule has 10 aromatic carbocycles. The van der Waals surface area contributed by atoms with Crippen LogP contribution in [0.4, 0.5) is 0 Å². The van der Waals surface area contributed by atoms with E-state index in [2.05, 4.69) is 205 Å². The normalized spacial score (nSPS) is 12.0. The van der Waals surface area contributed by atoms with Crippen LogP contribution in [0.5, 0.6) is 0 Å². The van der Waals surface area contributed by atoms with Crippen LogP contribution in [0, 0.1) is 0 Å². The lowest BCUT2D eigenvalue weighted by Gasteiger charge is -2.14. The Kier molecular flexibility index (Phi) is 7.18. The number of para-hydroxylation sites is 1. The van der Waals surface area contributed by atoms with E-state index < -0.39 is 0 Å². The number of fused-ring (bicyclic) bond motifs is 13. The van der Waals surface area contributed by atoms with Crippen LogP contribution < -0.4 is 0 Å². The summed E-state index contributed by atoms with van der Waals surface area (Å²) in [5, 5.41) is 14.9. The molecule has 4 heteroatoms. The summed E-state index contributed by atoms with van der Waals surface area (Å²) >= 11 is 1.81. The van der Waals surface area contributed by atoms with E-state index in [4.69, 9.17) is 9.97 Å². The van der Waals surface area contributed by atoms with Crippen molar-refractivity contribution in [3.63, 3.8) is 0 Å². The minimum Gasteiger partial charge on any atom is -0.309 e. The maximum absolute atomic E-state index is 5.43. The number of rotatable bonds is 4. The predicted octanol–water partition coefficient (Wildman–Crippen LogP) is 15.6. The molecule has 278 valence electrons. The lowest BCUT2D eigenvalue weighted by molar-refractivity contribution is 1.18. The first-order valence-corrected chi connectivity index (χ1v) is 21.2. The van der Waals surface area contributed by atoms with Gasteiger partial charge in [0.1, 0.15) is 0 Å². The molecule has 0 atom stereocenters. The van der Waals surface area contributed by atoms with E-state index >= 15 is 0 Å². The highest BCUT2D eigenvalue weighted by atomic mass is 32.1. The molecule has 3 nitrogen and oxygen atoms in total. The van der Waals surface area contributed by atoms with Crippen LogP contribution in [0.2, 0.25) is 0 Å². The van der Waals surface area contributed by atoms with Crippen molar-refractivity contribution in [2.75, 3.05) is 0 Å². The van der Waals surface area contributed by atoms with Crippen molar-refractivity contribution >= 4 is 96.4 Å². The van der Waals surface area contributed by atoms with Crippen molar-refractivity contribution in [3.05, 3.63) is 200 Å². The Hall–Kier alpha value is -7.66. The number of thiophene rings is 1. The molecule has 0 aliphatic heterocycles. The van der Waals surface area contributed by atoms with E-state index in [0.29, 0.717) is 0 Å². The first-order valence-electron chi connectivity index (χ1n) is 20.4. The molecular weight excluding hydrogens is 747 g/mol. The molecule has 0 aliphatic carbocycles. The van der Waals surface area contributed by atoms with Gasteiger partial charge in [-0.25, -0.2) is 9.97 Å². The molecule has 13 rings (SSSR count). The second-order valence-corrected chi connectivity index (χ2v) is 16.7. The number of aromatic nitrogens is 3. The third-order valence-corrected chi connectivity index (χ3v) is 13.6. The lowest BCUT2D eigenvalue weighted by atomic mass is 9.94. The van der Waals surface area contributed by atoms with Crippen molar-refractivity contribution in [2.45, 2.75) is 0 Å². The highest BCUT2D eigenvalue weighted by Gasteiger charge is 2.19. The van der Waals surface area contributed by atoms with Crippen LogP contribution >= 0.6 is 11.3 Å². The molecule has 0 N–H and O–H groups in total. The molecule has 0 bridgehead atoms. The first kappa shape index (κ1) is 33.3. The van der Waals surface area contributed by atoms with Gasteiger partial charge in [0.2, 0.25) is 0 Å². The fourth-order valence-corrected chi connectivity index (χ4v) is 10.9. The third kappa shape index (κ3) is 4.95. The topological polar surface area (TPSA) is 30.7 Å². The summed E-state index contributed by atoms with van der Waals surface area (Å²) < 4.78 is 4.89. The second kappa shape index (κ2) is 12.9. The summed E-state index contributed by atoms with van der Waals surface area (Å²) in [6.07, 6.45) is 0. The first-order chi connectivity index (χ1) is 29.7. The van der Waals surface area contributed by atoms with Gasteiger partial charge in [-0.15, -0.1) is 11.3 Å². The van der Waals surface area contributed by atoms with Crippen LogP contribution in [-0.2, 0) is 0 Å². The standard InChI is InChI=1S/C56H33N3S/c1-2-15-37-34(13-1)14-11-22-43(37)51-33-50(57-56(58-51)47-24-12-23-46-45-21-8-10-26-54(45)60-55(46)47)35-27-30-53-49(31-35)44-20-7-9-25-52(44)59(53)36-28-29-42-40-18-4-3-16-38(40)39-17-5-6-19-41(39)48(42)32-36/h1-33H. The zero-order valence-corrected chi connectivity index (χ0v) is 33.1. The maximum atomic E-state index is 5.43. The molecule has 0 saturated carbocycles. The zero-order valence-electron chi connectivity index (χ0n) is 32.3. The minimum atomic E-state index is 0.728. The van der Waals surface area contributed by atoms with Gasteiger partial charge in [0, 0.05) is 53.3 Å². The van der Waals surface area contributed by atoms with E-state index in [-0.39, 0.29) is 0 Å². The quantitative estimate of drug-likeness (QED) is 0.167. The van der Waals surface area contributed by atoms with Gasteiger partial charge < -0.3 is 4.57 Å². The van der Waals surface area contributed by atoms with Gasteiger partial charge in [0.25, 0.3) is 0 Å². The average Bonchev–Trinajstić information content (AvgIpc) is 3.87. The van der Waals surface area contributed by atoms with Crippen LogP contribution in [0.1, 0.15) is 0 Å². The van der Waals surface area contributed by atoms with Crippen molar-refractivity contribution in [3.8, 4) is 39.6 Å². The number of hydrogen-bond acceptors (Lipinski definition) is 3. The fourth-order valence-electron chi connectivity index (χ4n) is 9.67. The molecule has 0 radical (unpaired) electrons. The second-order valence-electron chi connectivity index (χ2n) is 15.7. The van der Waals surface area contributed by atoms with E-state index in [0.717, 1.165) is 45.1 Å². The van der Waals surface area contributed by atoms with Crippen molar-refractivity contribution in [1.29, 1.82) is 0 Å². The molecule has 0 aliphatic rings. The zero-order chi connectivity index (χ0) is 39.3. The molecule has 13 aromatic rings. The average molecular weight is 780 g/mol. The van der Waals surface area contributed by atoms with Gasteiger partial charge in [-0.2, -0.15) is 0 Å². The largest absolute Gasteiger partial charge is 0.309 e. The molecule has 3 heterocycles. The van der Waals surface area contributed by atoms with Crippen molar-refractivity contribution in [1.82, 2.24) is 14.5 Å². The van der Waals surface area contributed by atoms with Gasteiger partial charge in [0.05, 0.1) is 22.4 Å². The molecule has 3 aromatic heterocycles. The highest BCUT2D eigenvalue weighted by Crippen LogP contribution is 2.42. The van der Waals surface area contributed by atoms with E-state index in [9.17, 15) is 0 Å². The molecule has 0 fully saturated rings. The number of nitrogens with zero attached hydrogens (tertiary/aromatic N) is 3. The molecule has 0 spiro atoms. The predicted molar refractivity (Wildman–Crippen MR) is 256 cm³/mol. The van der Waals surface area contributed by atoms with Crippen LogP contribution in [-0.4, -0.2) is 14.5 Å². The summed E-state index contributed by atoms with van der Waals surface area (Å²) in [5.74, 6) is 0.728. The molecule has 0 unspecified atom stereocenters. The Balaban J connectivity index is 1.04. The minimum absolute atomic E-state index is 0.728. The molecule has 0 amide bonds. The Morgan fingerprint density at radius 3 is 1.75 bits per heavy atom. The third-order valence-electron chi connectivity index (χ3n) is 12.4. The van der Waals surface area contributed by atoms with Gasteiger partial charge >= 0.3 is 0 Å². The molecular formula is C56H33N3S. The van der Waals surface area contributed by atoms with E-state index in [1.807, 2.05) is 11.3 Å². The van der Waals surface area contributed by atoms with Crippen molar-refractivity contribution in [2.24, 2.45) is 0 Å². The van der Waals surface area contributed by atoms with Crippen LogP contribution in [0.15, 0.2) is 200 Å². The van der Waals surface area contributed by atoms with E-state index in [1.54, 1.807) is 0 Å². The monoisotopic (exact) mass is 779 g/mol. The van der Waals surface area contributed by atoms with Gasteiger partial charge in [-0.1, -0.05) is 152 Å². The van der Waals surface area contributed by atoms with Crippen molar-refractivity contribution < 1.29 is 0 Å². The summed E-state index contributed by atoms with van der Waals surface area (Å²) in [6.45, 7) is 0. The van der Waals surface area contributed by atoms with Crippen LogP contribution in [0.25, 0.3) is 125 Å².